The van der Waals surface area contributed by atoms with Crippen molar-refractivity contribution >= 4 is 5.69 Å². The molecule has 2 rings (SSSR count). The van der Waals surface area contributed by atoms with Crippen LogP contribution in [0, 0.1) is 6.92 Å². The summed E-state index contributed by atoms with van der Waals surface area (Å²) in [6, 6.07) is 6.07. The molecule has 0 bridgehead atoms. The minimum absolute atomic E-state index is 0.566. The maximum Gasteiger partial charge on any atom is 0.143 e. The van der Waals surface area contributed by atoms with Crippen molar-refractivity contribution in [2.24, 2.45) is 0 Å². The van der Waals surface area contributed by atoms with Crippen molar-refractivity contribution in [2.75, 3.05) is 11.9 Å². The highest BCUT2D eigenvalue weighted by molar-refractivity contribution is 5.62. The fourth-order valence-electron chi connectivity index (χ4n) is 1.26. The molecule has 0 saturated heterocycles. The monoisotopic (exact) mass is 161 g/mol. The van der Waals surface area contributed by atoms with Crippen LogP contribution in [0.1, 0.15) is 5.56 Å². The molecule has 1 heterocycles. The summed E-state index contributed by atoms with van der Waals surface area (Å²) in [5.74, 6) is 0.910. The minimum Gasteiger partial charge on any atom is -0.485 e. The molecule has 1 aliphatic heterocycles. The van der Waals surface area contributed by atoms with E-state index >= 15 is 0 Å². The van der Waals surface area contributed by atoms with Gasteiger partial charge in [0.25, 0.3) is 0 Å². The molecule has 1 aromatic rings. The maximum absolute atomic E-state index is 5.43. The Labute approximate surface area is 71.9 Å². The number of hydrogen-bond donors (Lipinski definition) is 1. The lowest BCUT2D eigenvalue weighted by Gasteiger charge is -2.20. The van der Waals surface area contributed by atoms with Crippen molar-refractivity contribution in [1.82, 2.24) is 0 Å². The van der Waals surface area contributed by atoms with E-state index in [-0.39, 0.29) is 0 Å². The lowest BCUT2D eigenvalue weighted by atomic mass is 10.2. The van der Waals surface area contributed by atoms with Crippen LogP contribution in [0.25, 0.3) is 0 Å². The van der Waals surface area contributed by atoms with Gasteiger partial charge in [-0.25, -0.2) is 0 Å². The molecule has 0 radical (unpaired) electrons. The summed E-state index contributed by atoms with van der Waals surface area (Å²) in [6.07, 6.45) is 0. The third-order valence-electron chi connectivity index (χ3n) is 1.85. The molecule has 2 heteroatoms. The second kappa shape index (κ2) is 2.55. The number of aryl methyl sites for hydroxylation is 1. The molecule has 0 saturated carbocycles. The van der Waals surface area contributed by atoms with E-state index in [0.717, 1.165) is 17.1 Å². The van der Waals surface area contributed by atoms with Gasteiger partial charge in [-0.15, -0.1) is 0 Å². The highest BCUT2D eigenvalue weighted by atomic mass is 16.5. The summed E-state index contributed by atoms with van der Waals surface area (Å²) >= 11 is 0. The fraction of sp³-hybridized carbons (Fsp3) is 0.200. The van der Waals surface area contributed by atoms with Crippen LogP contribution in [0.3, 0.4) is 0 Å². The topological polar surface area (TPSA) is 21.3 Å². The lowest BCUT2D eigenvalue weighted by Crippen LogP contribution is -2.15. The molecule has 62 valence electrons. The summed E-state index contributed by atoms with van der Waals surface area (Å²) in [7, 11) is 0. The van der Waals surface area contributed by atoms with E-state index in [1.54, 1.807) is 0 Å². The Hall–Kier alpha value is -1.44. The molecule has 0 unspecified atom stereocenters. The summed E-state index contributed by atoms with van der Waals surface area (Å²) in [5.41, 5.74) is 3.15. The molecule has 0 fully saturated rings. The number of anilines is 1. The Morgan fingerprint density at radius 1 is 1.50 bits per heavy atom. The molecule has 2 nitrogen and oxygen atoms in total. The zero-order valence-electron chi connectivity index (χ0n) is 7.05. The summed E-state index contributed by atoms with van der Waals surface area (Å²) in [4.78, 5) is 0. The van der Waals surface area contributed by atoms with E-state index in [0.29, 0.717) is 6.61 Å². The number of rotatable bonds is 0. The zero-order valence-corrected chi connectivity index (χ0v) is 7.05. The first-order chi connectivity index (χ1) is 5.75. The molecular weight excluding hydrogens is 150 g/mol. The molecule has 0 aromatic heterocycles. The first kappa shape index (κ1) is 7.22. The standard InChI is InChI=1S/C10H11NO/c1-7-3-4-10-9(5-7)11-8(2)6-12-10/h3-5,11H,2,6H2,1H3. The number of benzene rings is 1. The Balaban J connectivity index is 2.44. The third kappa shape index (κ3) is 1.16. The van der Waals surface area contributed by atoms with Crippen molar-refractivity contribution in [3.8, 4) is 5.75 Å². The quantitative estimate of drug-likeness (QED) is 0.630. The number of nitrogens with one attached hydrogen (secondary N) is 1. The van der Waals surface area contributed by atoms with E-state index in [1.807, 2.05) is 12.1 Å². The van der Waals surface area contributed by atoms with Gasteiger partial charge in [-0.05, 0) is 24.6 Å². The van der Waals surface area contributed by atoms with Crippen molar-refractivity contribution in [3.05, 3.63) is 36.0 Å². The van der Waals surface area contributed by atoms with E-state index in [2.05, 4.69) is 24.9 Å². The number of fused-ring (bicyclic) bond motifs is 1. The SMILES string of the molecule is C=C1COc2ccc(C)cc2N1. The summed E-state index contributed by atoms with van der Waals surface area (Å²) < 4.78 is 5.43. The van der Waals surface area contributed by atoms with Gasteiger partial charge in [-0.1, -0.05) is 12.6 Å². The van der Waals surface area contributed by atoms with Gasteiger partial charge in [0.15, 0.2) is 0 Å². The van der Waals surface area contributed by atoms with E-state index in [1.165, 1.54) is 5.56 Å². The molecule has 12 heavy (non-hydrogen) atoms. The van der Waals surface area contributed by atoms with Crippen LogP contribution < -0.4 is 10.1 Å². The number of hydrogen-bond acceptors (Lipinski definition) is 2. The molecule has 1 N–H and O–H groups in total. The zero-order chi connectivity index (χ0) is 8.55. The van der Waals surface area contributed by atoms with Crippen LogP contribution in [0.15, 0.2) is 30.5 Å². The Morgan fingerprint density at radius 3 is 3.17 bits per heavy atom. The first-order valence-electron chi connectivity index (χ1n) is 3.94. The van der Waals surface area contributed by atoms with Gasteiger partial charge in [0.2, 0.25) is 0 Å². The predicted octanol–water partition coefficient (Wildman–Crippen LogP) is 2.31. The Kier molecular flexibility index (Phi) is 1.54. The average molecular weight is 161 g/mol. The van der Waals surface area contributed by atoms with Crippen molar-refractivity contribution in [2.45, 2.75) is 6.92 Å². The molecule has 0 atom stereocenters. The molecule has 0 spiro atoms. The molecule has 0 aliphatic carbocycles. The van der Waals surface area contributed by atoms with E-state index in [4.69, 9.17) is 4.74 Å². The highest BCUT2D eigenvalue weighted by Crippen LogP contribution is 2.29. The lowest BCUT2D eigenvalue weighted by molar-refractivity contribution is 0.346. The van der Waals surface area contributed by atoms with Gasteiger partial charge in [-0.2, -0.15) is 0 Å². The van der Waals surface area contributed by atoms with Crippen LogP contribution in [0.4, 0.5) is 5.69 Å². The van der Waals surface area contributed by atoms with Gasteiger partial charge in [0.1, 0.15) is 12.4 Å². The van der Waals surface area contributed by atoms with Gasteiger partial charge in [-0.3, -0.25) is 0 Å². The first-order valence-corrected chi connectivity index (χ1v) is 3.94. The molecular formula is C10H11NO. The summed E-state index contributed by atoms with van der Waals surface area (Å²) in [5, 5.41) is 3.18. The second-order valence-electron chi connectivity index (χ2n) is 3.02. The van der Waals surface area contributed by atoms with Gasteiger partial charge < -0.3 is 10.1 Å². The molecule has 0 amide bonds. The van der Waals surface area contributed by atoms with Crippen LogP contribution in [-0.2, 0) is 0 Å². The van der Waals surface area contributed by atoms with Gasteiger partial charge in [0, 0.05) is 5.70 Å². The summed E-state index contributed by atoms with van der Waals surface area (Å²) in [6.45, 7) is 6.43. The largest absolute Gasteiger partial charge is 0.485 e. The van der Waals surface area contributed by atoms with E-state index < -0.39 is 0 Å². The van der Waals surface area contributed by atoms with Gasteiger partial charge in [0.05, 0.1) is 5.69 Å². The fourth-order valence-corrected chi connectivity index (χ4v) is 1.26. The van der Waals surface area contributed by atoms with Gasteiger partial charge >= 0.3 is 0 Å². The van der Waals surface area contributed by atoms with Crippen molar-refractivity contribution in [1.29, 1.82) is 0 Å². The highest BCUT2D eigenvalue weighted by Gasteiger charge is 2.10. The van der Waals surface area contributed by atoms with Crippen LogP contribution in [-0.4, -0.2) is 6.61 Å². The third-order valence-corrected chi connectivity index (χ3v) is 1.85. The van der Waals surface area contributed by atoms with Crippen LogP contribution >= 0.6 is 0 Å². The van der Waals surface area contributed by atoms with Crippen LogP contribution in [0.5, 0.6) is 5.75 Å². The predicted molar refractivity (Wildman–Crippen MR) is 49.4 cm³/mol. The Morgan fingerprint density at radius 2 is 2.33 bits per heavy atom. The Bertz CT molecular complexity index is 331. The van der Waals surface area contributed by atoms with Crippen LogP contribution in [0.2, 0.25) is 0 Å². The minimum atomic E-state index is 0.566. The van der Waals surface area contributed by atoms with E-state index in [9.17, 15) is 0 Å². The molecule has 1 aromatic carbocycles. The van der Waals surface area contributed by atoms with Crippen molar-refractivity contribution in [3.63, 3.8) is 0 Å². The van der Waals surface area contributed by atoms with Crippen molar-refractivity contribution < 1.29 is 4.74 Å². The number of ether oxygens (including phenoxy) is 1. The second-order valence-corrected chi connectivity index (χ2v) is 3.02. The maximum atomic E-state index is 5.43. The molecule has 1 aliphatic rings. The smallest absolute Gasteiger partial charge is 0.143 e. The average Bonchev–Trinajstić information content (AvgIpc) is 2.03. The normalized spacial score (nSPS) is 14.6.